The first kappa shape index (κ1) is 18.7. The Morgan fingerprint density at radius 3 is 2.63 bits per heavy atom. The number of hydrogen-bond acceptors (Lipinski definition) is 5. The third-order valence-electron chi connectivity index (χ3n) is 4.52. The minimum absolute atomic E-state index is 0.00509. The smallest absolute Gasteiger partial charge is 0.309 e. The highest BCUT2D eigenvalue weighted by Crippen LogP contribution is 2.32. The number of cyclic esters (lactones) is 1. The molecule has 5 nitrogen and oxygen atoms in total. The van der Waals surface area contributed by atoms with Crippen LogP contribution in [-0.2, 0) is 9.53 Å². The van der Waals surface area contributed by atoms with Gasteiger partial charge in [0.2, 0.25) is 0 Å². The summed E-state index contributed by atoms with van der Waals surface area (Å²) < 4.78 is 18.6. The second kappa shape index (κ2) is 7.68. The Kier molecular flexibility index (Phi) is 5.33. The molecule has 0 amide bonds. The fourth-order valence-corrected chi connectivity index (χ4v) is 3.25. The highest BCUT2D eigenvalue weighted by Gasteiger charge is 2.25. The topological polar surface area (TPSA) is 83.2 Å². The van der Waals surface area contributed by atoms with Crippen molar-refractivity contribution in [2.45, 2.75) is 38.9 Å². The van der Waals surface area contributed by atoms with Crippen molar-refractivity contribution in [1.82, 2.24) is 4.98 Å². The van der Waals surface area contributed by atoms with Crippen molar-refractivity contribution < 1.29 is 19.0 Å². The molecule has 3 rings (SSSR count). The van der Waals surface area contributed by atoms with Crippen LogP contribution in [0.15, 0.2) is 30.3 Å². The molecule has 27 heavy (non-hydrogen) atoms. The number of benzene rings is 1. The number of halogens is 1. The van der Waals surface area contributed by atoms with Gasteiger partial charge in [0.05, 0.1) is 23.8 Å². The highest BCUT2D eigenvalue weighted by atomic mass is 19.1. The summed E-state index contributed by atoms with van der Waals surface area (Å²) in [7, 11) is 0. The molecule has 1 aliphatic rings. The van der Waals surface area contributed by atoms with Crippen LogP contribution in [0.25, 0.3) is 17.2 Å². The minimum atomic E-state index is -0.732. The molecule has 1 N–H and O–H groups in total. The van der Waals surface area contributed by atoms with Crippen molar-refractivity contribution in [3.8, 4) is 17.2 Å². The minimum Gasteiger partial charge on any atom is -0.458 e. The van der Waals surface area contributed by atoms with Gasteiger partial charge in [-0.3, -0.25) is 9.78 Å². The number of aryl methyl sites for hydroxylation is 2. The molecule has 2 heterocycles. The van der Waals surface area contributed by atoms with Gasteiger partial charge in [-0.25, -0.2) is 4.39 Å². The van der Waals surface area contributed by atoms with E-state index in [1.807, 2.05) is 6.92 Å². The van der Waals surface area contributed by atoms with Crippen molar-refractivity contribution in [3.05, 3.63) is 58.7 Å². The largest absolute Gasteiger partial charge is 0.458 e. The molecule has 1 saturated heterocycles. The van der Waals surface area contributed by atoms with Crippen LogP contribution in [-0.4, -0.2) is 28.3 Å². The number of nitriles is 1. The molecular formula is C21H19FN2O3. The van der Waals surface area contributed by atoms with Gasteiger partial charge in [-0.15, -0.1) is 0 Å². The Bertz CT molecular complexity index is 945. The number of aliphatic hydroxyl groups is 1. The lowest BCUT2D eigenvalue weighted by Crippen LogP contribution is -2.31. The number of aromatic nitrogens is 1. The van der Waals surface area contributed by atoms with E-state index in [2.05, 4.69) is 11.1 Å². The van der Waals surface area contributed by atoms with Gasteiger partial charge in [0, 0.05) is 23.2 Å². The molecule has 0 radical (unpaired) electrons. The van der Waals surface area contributed by atoms with Gasteiger partial charge < -0.3 is 9.84 Å². The maximum Gasteiger partial charge on any atom is 0.309 e. The normalized spacial score (nSPS) is 19.7. The lowest BCUT2D eigenvalue weighted by Gasteiger charge is -2.23. The molecule has 1 aliphatic heterocycles. The highest BCUT2D eigenvalue weighted by molar-refractivity contribution is 5.82. The van der Waals surface area contributed by atoms with Crippen LogP contribution in [0.5, 0.6) is 0 Å². The molecule has 1 fully saturated rings. The molecule has 138 valence electrons. The Balaban J connectivity index is 2.09. The molecule has 1 aromatic heterocycles. The quantitative estimate of drug-likeness (QED) is 0.841. The molecule has 0 aliphatic carbocycles. The Labute approximate surface area is 156 Å². The molecule has 0 saturated carbocycles. The molecule has 0 unspecified atom stereocenters. The number of pyridine rings is 1. The summed E-state index contributed by atoms with van der Waals surface area (Å²) in [4.78, 5) is 16.0. The van der Waals surface area contributed by atoms with E-state index < -0.39 is 18.2 Å². The van der Waals surface area contributed by atoms with E-state index in [9.17, 15) is 19.6 Å². The van der Waals surface area contributed by atoms with Gasteiger partial charge in [-0.1, -0.05) is 18.2 Å². The number of rotatable bonds is 3. The summed E-state index contributed by atoms with van der Waals surface area (Å²) >= 11 is 0. The number of hydrogen-bond donors (Lipinski definition) is 1. The summed E-state index contributed by atoms with van der Waals surface area (Å²) in [6.45, 7) is 3.58. The summed E-state index contributed by atoms with van der Waals surface area (Å²) in [6, 6.07) is 8.10. The molecule has 2 aromatic rings. The SMILES string of the molecule is Cc1nc(C)c(C=C[C@H]2C[C@H](O)CC(=O)O2)c(-c2ccc(F)cc2)c1C#N. The summed E-state index contributed by atoms with van der Waals surface area (Å²) in [6.07, 6.45) is 2.47. The van der Waals surface area contributed by atoms with E-state index in [0.29, 0.717) is 40.1 Å². The molecular weight excluding hydrogens is 347 g/mol. The average Bonchev–Trinajstić information content (AvgIpc) is 2.60. The summed E-state index contributed by atoms with van der Waals surface area (Å²) in [5, 5.41) is 19.4. The van der Waals surface area contributed by atoms with Crippen LogP contribution < -0.4 is 0 Å². The fourth-order valence-electron chi connectivity index (χ4n) is 3.25. The van der Waals surface area contributed by atoms with Crippen LogP contribution in [0.2, 0.25) is 0 Å². The van der Waals surface area contributed by atoms with E-state index in [-0.39, 0.29) is 12.2 Å². The van der Waals surface area contributed by atoms with Gasteiger partial charge in [-0.05, 0) is 37.6 Å². The molecule has 2 atom stereocenters. The third kappa shape index (κ3) is 4.04. The lowest BCUT2D eigenvalue weighted by molar-refractivity contribution is -0.156. The van der Waals surface area contributed by atoms with Crippen LogP contribution >= 0.6 is 0 Å². The predicted molar refractivity (Wildman–Crippen MR) is 98.0 cm³/mol. The zero-order valence-corrected chi connectivity index (χ0v) is 15.1. The van der Waals surface area contributed by atoms with Crippen LogP contribution in [0.3, 0.4) is 0 Å². The fraction of sp³-hybridized carbons (Fsp3) is 0.286. The number of carbonyl (C=O) groups excluding carboxylic acids is 1. The molecule has 0 bridgehead atoms. The first-order chi connectivity index (χ1) is 12.9. The van der Waals surface area contributed by atoms with Crippen molar-refractivity contribution in [2.75, 3.05) is 0 Å². The van der Waals surface area contributed by atoms with Crippen LogP contribution in [0, 0.1) is 31.0 Å². The van der Waals surface area contributed by atoms with Crippen molar-refractivity contribution in [1.29, 1.82) is 5.26 Å². The van der Waals surface area contributed by atoms with E-state index in [1.54, 1.807) is 31.2 Å². The first-order valence-electron chi connectivity index (χ1n) is 8.62. The molecule has 1 aromatic carbocycles. The summed E-state index contributed by atoms with van der Waals surface area (Å²) in [5.74, 6) is -0.807. The van der Waals surface area contributed by atoms with Crippen molar-refractivity contribution in [2.24, 2.45) is 0 Å². The third-order valence-corrected chi connectivity index (χ3v) is 4.52. The number of nitrogens with zero attached hydrogens (tertiary/aromatic N) is 2. The van der Waals surface area contributed by atoms with Gasteiger partial charge in [0.1, 0.15) is 18.0 Å². The predicted octanol–water partition coefficient (Wildman–Crippen LogP) is 3.46. The number of aliphatic hydroxyl groups excluding tert-OH is 1. The Morgan fingerprint density at radius 1 is 1.30 bits per heavy atom. The van der Waals surface area contributed by atoms with E-state index >= 15 is 0 Å². The molecule has 0 spiro atoms. The van der Waals surface area contributed by atoms with Crippen LogP contribution in [0.4, 0.5) is 4.39 Å². The maximum atomic E-state index is 13.3. The van der Waals surface area contributed by atoms with E-state index in [4.69, 9.17) is 4.74 Å². The zero-order chi connectivity index (χ0) is 19.6. The Hall–Kier alpha value is -3.04. The monoisotopic (exact) mass is 366 g/mol. The van der Waals surface area contributed by atoms with Crippen LogP contribution in [0.1, 0.15) is 35.4 Å². The zero-order valence-electron chi connectivity index (χ0n) is 15.1. The van der Waals surface area contributed by atoms with E-state index in [0.717, 1.165) is 0 Å². The Morgan fingerprint density at radius 2 is 2.00 bits per heavy atom. The van der Waals surface area contributed by atoms with Gasteiger partial charge in [0.15, 0.2) is 0 Å². The maximum absolute atomic E-state index is 13.3. The van der Waals surface area contributed by atoms with Crippen molar-refractivity contribution in [3.63, 3.8) is 0 Å². The van der Waals surface area contributed by atoms with E-state index in [1.165, 1.54) is 12.1 Å². The van der Waals surface area contributed by atoms with Gasteiger partial charge >= 0.3 is 5.97 Å². The number of esters is 1. The van der Waals surface area contributed by atoms with Gasteiger partial charge in [0.25, 0.3) is 0 Å². The molecule has 6 heteroatoms. The van der Waals surface area contributed by atoms with Crippen molar-refractivity contribution >= 4 is 12.0 Å². The number of carbonyl (C=O) groups is 1. The lowest BCUT2D eigenvalue weighted by atomic mass is 9.92. The van der Waals surface area contributed by atoms with Gasteiger partial charge in [-0.2, -0.15) is 5.26 Å². The average molecular weight is 366 g/mol. The summed E-state index contributed by atoms with van der Waals surface area (Å²) in [5.41, 5.74) is 3.74. The first-order valence-corrected chi connectivity index (χ1v) is 8.62. The number of ether oxygens (including phenoxy) is 1. The second-order valence-electron chi connectivity index (χ2n) is 6.55. The standard InChI is InChI=1S/C21H19FN2O3/c1-12-18(8-7-17-9-16(25)10-20(26)27-17)21(19(11-23)13(2)24-12)14-3-5-15(22)6-4-14/h3-8,16-17,25H,9-10H2,1-2H3/t16-,17-/m0/s1. The second-order valence-corrected chi connectivity index (χ2v) is 6.55.